The molecule has 5 aromatic rings. The van der Waals surface area contributed by atoms with Gasteiger partial charge >= 0.3 is 0 Å². The standard InChI is InChI=1S/C24H16N2/c1-14-11-20-19-12-16-9-8-15-5-2-3-6-18(15)22(16)21(19)13-26-24(20)23-17(14)7-4-10-25-23/h2-11,13H,12H2,1H3. The fraction of sp³-hybridized carbons (Fsp3) is 0.0833. The molecule has 2 heteroatoms. The van der Waals surface area contributed by atoms with Gasteiger partial charge in [0.05, 0.1) is 11.0 Å². The molecule has 3 aromatic carbocycles. The molecule has 0 amide bonds. The number of fused-ring (bicyclic) bond motifs is 9. The molecule has 2 heterocycles. The summed E-state index contributed by atoms with van der Waals surface area (Å²) in [5, 5.41) is 5.04. The van der Waals surface area contributed by atoms with Crippen LogP contribution in [-0.4, -0.2) is 9.97 Å². The fourth-order valence-electron chi connectivity index (χ4n) is 4.49. The highest BCUT2D eigenvalue weighted by molar-refractivity contribution is 6.10. The van der Waals surface area contributed by atoms with Gasteiger partial charge in [0.25, 0.3) is 0 Å². The summed E-state index contributed by atoms with van der Waals surface area (Å²) in [6.45, 7) is 2.17. The Morgan fingerprint density at radius 1 is 0.808 bits per heavy atom. The van der Waals surface area contributed by atoms with Crippen molar-refractivity contribution in [3.8, 4) is 11.1 Å². The second-order valence-corrected chi connectivity index (χ2v) is 7.14. The van der Waals surface area contributed by atoms with E-state index in [1.807, 2.05) is 12.3 Å². The maximum atomic E-state index is 4.87. The average molecular weight is 332 g/mol. The molecule has 0 radical (unpaired) electrons. The highest BCUT2D eigenvalue weighted by Gasteiger charge is 2.24. The Bertz CT molecular complexity index is 1370. The lowest BCUT2D eigenvalue weighted by Gasteiger charge is -2.10. The number of pyridine rings is 2. The van der Waals surface area contributed by atoms with Crippen LogP contribution in [0.3, 0.4) is 0 Å². The predicted molar refractivity (Wildman–Crippen MR) is 108 cm³/mol. The number of rotatable bonds is 0. The molecule has 0 atom stereocenters. The Labute approximate surface area is 151 Å². The summed E-state index contributed by atoms with van der Waals surface area (Å²) in [6.07, 6.45) is 4.88. The molecule has 0 N–H and O–H groups in total. The predicted octanol–water partition coefficient (Wildman–Crippen LogP) is 5.82. The maximum absolute atomic E-state index is 4.87. The quantitative estimate of drug-likeness (QED) is 0.328. The summed E-state index contributed by atoms with van der Waals surface area (Å²) in [7, 11) is 0. The van der Waals surface area contributed by atoms with Crippen molar-refractivity contribution in [3.63, 3.8) is 0 Å². The highest BCUT2D eigenvalue weighted by Crippen LogP contribution is 2.44. The smallest absolute Gasteiger partial charge is 0.0968 e. The van der Waals surface area contributed by atoms with Gasteiger partial charge in [0, 0.05) is 28.7 Å². The van der Waals surface area contributed by atoms with E-state index in [-0.39, 0.29) is 0 Å². The van der Waals surface area contributed by atoms with Crippen LogP contribution in [0, 0.1) is 6.92 Å². The number of benzene rings is 3. The van der Waals surface area contributed by atoms with Gasteiger partial charge in [-0.2, -0.15) is 0 Å². The highest BCUT2D eigenvalue weighted by atomic mass is 14.7. The minimum Gasteiger partial charge on any atom is -0.254 e. The summed E-state index contributed by atoms with van der Waals surface area (Å²) in [6, 6.07) is 19.6. The van der Waals surface area contributed by atoms with Gasteiger partial charge in [-0.15, -0.1) is 0 Å². The lowest BCUT2D eigenvalue weighted by Crippen LogP contribution is -1.92. The first kappa shape index (κ1) is 14.0. The zero-order valence-electron chi connectivity index (χ0n) is 14.5. The summed E-state index contributed by atoms with van der Waals surface area (Å²) in [4.78, 5) is 9.50. The monoisotopic (exact) mass is 332 g/mol. The van der Waals surface area contributed by atoms with Crippen molar-refractivity contribution in [2.24, 2.45) is 0 Å². The van der Waals surface area contributed by atoms with Crippen LogP contribution in [0.4, 0.5) is 0 Å². The van der Waals surface area contributed by atoms with Crippen molar-refractivity contribution in [1.29, 1.82) is 0 Å². The van der Waals surface area contributed by atoms with Crippen LogP contribution in [0.5, 0.6) is 0 Å². The minimum atomic E-state index is 0.965. The zero-order chi connectivity index (χ0) is 17.3. The first-order chi connectivity index (χ1) is 12.8. The van der Waals surface area contributed by atoms with Crippen LogP contribution in [0.15, 0.2) is 67.0 Å². The maximum Gasteiger partial charge on any atom is 0.0968 e. The average Bonchev–Trinajstić information content (AvgIpc) is 3.08. The number of hydrogen-bond acceptors (Lipinski definition) is 2. The van der Waals surface area contributed by atoms with E-state index in [0.717, 1.165) is 17.5 Å². The molecule has 0 spiro atoms. The normalized spacial score (nSPS) is 12.7. The number of nitrogens with zero attached hydrogens (tertiary/aromatic N) is 2. The molecule has 0 aliphatic heterocycles. The van der Waals surface area contributed by atoms with Crippen molar-refractivity contribution in [2.45, 2.75) is 13.3 Å². The van der Waals surface area contributed by atoms with E-state index in [1.165, 1.54) is 49.4 Å². The Morgan fingerprint density at radius 2 is 1.65 bits per heavy atom. The van der Waals surface area contributed by atoms with E-state index in [2.05, 4.69) is 66.6 Å². The van der Waals surface area contributed by atoms with Crippen LogP contribution in [0.1, 0.15) is 16.7 Å². The Morgan fingerprint density at radius 3 is 2.62 bits per heavy atom. The van der Waals surface area contributed by atoms with Gasteiger partial charge in [0.1, 0.15) is 0 Å². The molecule has 0 saturated carbocycles. The number of aromatic nitrogens is 2. The van der Waals surface area contributed by atoms with E-state index < -0.39 is 0 Å². The Balaban J connectivity index is 1.76. The molecule has 1 aliphatic carbocycles. The SMILES string of the molecule is Cc1cc2c3c(cnc2c2ncccc12)-c1c(ccc2ccccc12)C3. The molecule has 2 nitrogen and oxygen atoms in total. The third-order valence-electron chi connectivity index (χ3n) is 5.70. The lowest BCUT2D eigenvalue weighted by molar-refractivity contribution is 1.27. The molecule has 26 heavy (non-hydrogen) atoms. The minimum absolute atomic E-state index is 0.965. The zero-order valence-corrected chi connectivity index (χ0v) is 14.5. The van der Waals surface area contributed by atoms with Crippen LogP contribution in [0.25, 0.3) is 43.7 Å². The van der Waals surface area contributed by atoms with E-state index in [0.29, 0.717) is 0 Å². The van der Waals surface area contributed by atoms with Crippen molar-refractivity contribution in [1.82, 2.24) is 9.97 Å². The van der Waals surface area contributed by atoms with Gasteiger partial charge in [-0.3, -0.25) is 9.97 Å². The molecule has 0 bridgehead atoms. The van der Waals surface area contributed by atoms with E-state index in [4.69, 9.17) is 4.98 Å². The first-order valence-corrected chi connectivity index (χ1v) is 8.98. The van der Waals surface area contributed by atoms with E-state index in [9.17, 15) is 0 Å². The molecule has 0 fully saturated rings. The first-order valence-electron chi connectivity index (χ1n) is 8.98. The summed E-state index contributed by atoms with van der Waals surface area (Å²) in [5.41, 5.74) is 8.69. The Hall–Kier alpha value is -3.26. The number of aryl methyl sites for hydroxylation is 1. The third kappa shape index (κ3) is 1.71. The summed E-state index contributed by atoms with van der Waals surface area (Å²) in [5.74, 6) is 0. The largest absolute Gasteiger partial charge is 0.254 e. The Kier molecular flexibility index (Phi) is 2.63. The summed E-state index contributed by atoms with van der Waals surface area (Å²) < 4.78 is 0. The second kappa shape index (κ2) is 4.89. The van der Waals surface area contributed by atoms with Crippen LogP contribution < -0.4 is 0 Å². The molecular weight excluding hydrogens is 316 g/mol. The van der Waals surface area contributed by atoms with Gasteiger partial charge in [0.2, 0.25) is 0 Å². The molecular formula is C24H16N2. The summed E-state index contributed by atoms with van der Waals surface area (Å²) >= 11 is 0. The number of hydrogen-bond donors (Lipinski definition) is 0. The van der Waals surface area contributed by atoms with Crippen LogP contribution >= 0.6 is 0 Å². The fourth-order valence-corrected chi connectivity index (χ4v) is 4.49. The van der Waals surface area contributed by atoms with Crippen LogP contribution in [0.2, 0.25) is 0 Å². The van der Waals surface area contributed by atoms with Gasteiger partial charge in [-0.05, 0) is 58.5 Å². The van der Waals surface area contributed by atoms with E-state index >= 15 is 0 Å². The van der Waals surface area contributed by atoms with E-state index in [1.54, 1.807) is 0 Å². The molecule has 0 saturated heterocycles. The lowest BCUT2D eigenvalue weighted by atomic mass is 9.97. The molecule has 1 aliphatic rings. The topological polar surface area (TPSA) is 25.8 Å². The molecule has 2 aromatic heterocycles. The van der Waals surface area contributed by atoms with Crippen molar-refractivity contribution < 1.29 is 0 Å². The van der Waals surface area contributed by atoms with Gasteiger partial charge in [-0.1, -0.05) is 42.5 Å². The van der Waals surface area contributed by atoms with Crippen molar-refractivity contribution in [2.75, 3.05) is 0 Å². The molecule has 6 rings (SSSR count). The van der Waals surface area contributed by atoms with Crippen molar-refractivity contribution in [3.05, 3.63) is 83.7 Å². The molecule has 0 unspecified atom stereocenters. The van der Waals surface area contributed by atoms with Gasteiger partial charge in [0.15, 0.2) is 0 Å². The third-order valence-corrected chi connectivity index (χ3v) is 5.70. The second-order valence-electron chi connectivity index (χ2n) is 7.14. The van der Waals surface area contributed by atoms with Gasteiger partial charge in [-0.25, -0.2) is 0 Å². The van der Waals surface area contributed by atoms with Crippen molar-refractivity contribution >= 4 is 32.6 Å². The van der Waals surface area contributed by atoms with Gasteiger partial charge < -0.3 is 0 Å². The molecule has 122 valence electrons. The van der Waals surface area contributed by atoms with Crippen LogP contribution in [-0.2, 0) is 6.42 Å².